The molecule has 0 saturated heterocycles. The van der Waals surface area contributed by atoms with Crippen LogP contribution in [0.3, 0.4) is 0 Å². The summed E-state index contributed by atoms with van der Waals surface area (Å²) in [6, 6.07) is 9.52. The van der Waals surface area contributed by atoms with Gasteiger partial charge in [-0.1, -0.05) is 41.1 Å². The van der Waals surface area contributed by atoms with Gasteiger partial charge in [0.2, 0.25) is 0 Å². The second-order valence-electron chi connectivity index (χ2n) is 6.20. The molecule has 0 atom stereocenters. The molecule has 1 saturated carbocycles. The normalized spacial score (nSPS) is 25.9. The molecule has 0 unspecified atom stereocenters. The Labute approximate surface area is 133 Å². The number of furan rings is 1. The van der Waals surface area contributed by atoms with Crippen molar-refractivity contribution in [2.24, 2.45) is 5.92 Å². The fourth-order valence-electron chi connectivity index (χ4n) is 3.00. The van der Waals surface area contributed by atoms with Crippen molar-refractivity contribution in [2.45, 2.75) is 38.1 Å². The highest BCUT2D eigenvalue weighted by Gasteiger charge is 2.35. The minimum absolute atomic E-state index is 0.111. The van der Waals surface area contributed by atoms with Gasteiger partial charge >= 0.3 is 0 Å². The molecule has 2 aromatic rings. The van der Waals surface area contributed by atoms with Crippen LogP contribution in [0, 0.1) is 5.92 Å². The van der Waals surface area contributed by atoms with E-state index in [9.17, 15) is 4.79 Å². The molecule has 0 radical (unpaired) electrons. The summed E-state index contributed by atoms with van der Waals surface area (Å²) in [7, 11) is 0. The molecule has 21 heavy (non-hydrogen) atoms. The molecular weight excluding hydrogens is 330 g/mol. The van der Waals surface area contributed by atoms with Crippen LogP contribution in [0.4, 0.5) is 0 Å². The first-order chi connectivity index (χ1) is 10.1. The first kappa shape index (κ1) is 14.6. The van der Waals surface area contributed by atoms with E-state index in [4.69, 9.17) is 4.42 Å². The first-order valence-electron chi connectivity index (χ1n) is 7.49. The van der Waals surface area contributed by atoms with Gasteiger partial charge in [0.05, 0.1) is 5.54 Å². The van der Waals surface area contributed by atoms with Crippen LogP contribution in [0.1, 0.15) is 43.2 Å². The summed E-state index contributed by atoms with van der Waals surface area (Å²) in [6.07, 6.45) is 4.36. The van der Waals surface area contributed by atoms with Gasteiger partial charge in [0.1, 0.15) is 5.58 Å². The van der Waals surface area contributed by atoms with Crippen LogP contribution in [0.2, 0.25) is 0 Å². The van der Waals surface area contributed by atoms with Crippen LogP contribution in [0.5, 0.6) is 0 Å². The molecule has 112 valence electrons. The average Bonchev–Trinajstić information content (AvgIpc) is 2.94. The molecule has 3 nitrogen and oxygen atoms in total. The van der Waals surface area contributed by atoms with E-state index in [-0.39, 0.29) is 11.4 Å². The standard InChI is InChI=1S/C17H20BrNO2/c1-12-6-8-17(11-18,9-7-12)19-16(20)15-10-13-4-2-3-5-14(13)21-15/h2-5,10,12H,6-9,11H2,1H3,(H,19,20). The molecule has 1 aromatic heterocycles. The van der Waals surface area contributed by atoms with Gasteiger partial charge in [0.25, 0.3) is 5.91 Å². The van der Waals surface area contributed by atoms with Gasteiger partial charge in [-0.05, 0) is 43.7 Å². The van der Waals surface area contributed by atoms with Gasteiger partial charge in [-0.3, -0.25) is 4.79 Å². The predicted octanol–water partition coefficient (Wildman–Crippen LogP) is 4.51. The molecule has 1 N–H and O–H groups in total. The van der Waals surface area contributed by atoms with Crippen LogP contribution in [-0.2, 0) is 0 Å². The third kappa shape index (κ3) is 3.00. The molecule has 1 fully saturated rings. The van der Waals surface area contributed by atoms with Gasteiger partial charge in [0.15, 0.2) is 5.76 Å². The van der Waals surface area contributed by atoms with E-state index < -0.39 is 0 Å². The summed E-state index contributed by atoms with van der Waals surface area (Å²) >= 11 is 3.58. The fourth-order valence-corrected chi connectivity index (χ4v) is 3.70. The number of nitrogens with one attached hydrogen (secondary N) is 1. The highest BCUT2D eigenvalue weighted by molar-refractivity contribution is 9.09. The quantitative estimate of drug-likeness (QED) is 0.828. The number of benzene rings is 1. The smallest absolute Gasteiger partial charge is 0.287 e. The van der Waals surface area contributed by atoms with Crippen molar-refractivity contribution >= 4 is 32.8 Å². The third-order valence-corrected chi connectivity index (χ3v) is 5.59. The van der Waals surface area contributed by atoms with Crippen molar-refractivity contribution in [2.75, 3.05) is 5.33 Å². The zero-order valence-electron chi connectivity index (χ0n) is 12.2. The Morgan fingerprint density at radius 3 is 2.76 bits per heavy atom. The second kappa shape index (κ2) is 5.84. The van der Waals surface area contributed by atoms with Crippen LogP contribution in [0.25, 0.3) is 11.0 Å². The lowest BCUT2D eigenvalue weighted by Gasteiger charge is -2.38. The van der Waals surface area contributed by atoms with Crippen molar-refractivity contribution in [3.05, 3.63) is 36.1 Å². The molecule has 1 aromatic carbocycles. The summed E-state index contributed by atoms with van der Waals surface area (Å²) in [6.45, 7) is 2.28. The zero-order chi connectivity index (χ0) is 14.9. The number of carbonyl (C=O) groups is 1. The molecule has 4 heteroatoms. The van der Waals surface area contributed by atoms with Crippen molar-refractivity contribution < 1.29 is 9.21 Å². The molecule has 0 aliphatic heterocycles. The number of alkyl halides is 1. The Morgan fingerprint density at radius 2 is 2.10 bits per heavy atom. The maximum absolute atomic E-state index is 12.5. The van der Waals surface area contributed by atoms with Gasteiger partial charge in [-0.2, -0.15) is 0 Å². The molecule has 1 amide bonds. The molecule has 1 heterocycles. The highest BCUT2D eigenvalue weighted by Crippen LogP contribution is 2.33. The van der Waals surface area contributed by atoms with Crippen LogP contribution in [0.15, 0.2) is 34.7 Å². The predicted molar refractivity (Wildman–Crippen MR) is 87.8 cm³/mol. The van der Waals surface area contributed by atoms with E-state index in [0.29, 0.717) is 5.76 Å². The van der Waals surface area contributed by atoms with E-state index in [2.05, 4.69) is 28.2 Å². The third-order valence-electron chi connectivity index (χ3n) is 4.52. The maximum Gasteiger partial charge on any atom is 0.287 e. The van der Waals surface area contributed by atoms with Gasteiger partial charge in [0, 0.05) is 10.7 Å². The minimum atomic E-state index is -0.136. The Morgan fingerprint density at radius 1 is 1.38 bits per heavy atom. The van der Waals surface area contributed by atoms with E-state index in [1.54, 1.807) is 0 Å². The average molecular weight is 350 g/mol. The van der Waals surface area contributed by atoms with Crippen LogP contribution < -0.4 is 5.32 Å². The maximum atomic E-state index is 12.5. The minimum Gasteiger partial charge on any atom is -0.451 e. The number of carbonyl (C=O) groups excluding carboxylic acids is 1. The summed E-state index contributed by atoms with van der Waals surface area (Å²) < 4.78 is 5.65. The Hall–Kier alpha value is -1.29. The highest BCUT2D eigenvalue weighted by atomic mass is 79.9. The molecule has 1 aliphatic carbocycles. The van der Waals surface area contributed by atoms with E-state index >= 15 is 0 Å². The largest absolute Gasteiger partial charge is 0.451 e. The van der Waals surface area contributed by atoms with E-state index in [1.165, 1.54) is 0 Å². The summed E-state index contributed by atoms with van der Waals surface area (Å²) in [4.78, 5) is 12.5. The van der Waals surface area contributed by atoms with Gasteiger partial charge in [-0.15, -0.1) is 0 Å². The van der Waals surface area contributed by atoms with Crippen molar-refractivity contribution in [1.82, 2.24) is 5.32 Å². The zero-order valence-corrected chi connectivity index (χ0v) is 13.8. The van der Waals surface area contributed by atoms with Crippen LogP contribution in [-0.4, -0.2) is 16.8 Å². The van der Waals surface area contributed by atoms with Crippen molar-refractivity contribution in [1.29, 1.82) is 0 Å². The van der Waals surface area contributed by atoms with Gasteiger partial charge in [-0.25, -0.2) is 0 Å². The van der Waals surface area contributed by atoms with Crippen molar-refractivity contribution in [3.63, 3.8) is 0 Å². The second-order valence-corrected chi connectivity index (χ2v) is 6.76. The number of halogens is 1. The topological polar surface area (TPSA) is 42.2 Å². The Kier molecular flexibility index (Phi) is 4.07. The monoisotopic (exact) mass is 349 g/mol. The number of fused-ring (bicyclic) bond motifs is 1. The molecule has 1 aliphatic rings. The Balaban J connectivity index is 1.78. The number of amides is 1. The SMILES string of the molecule is CC1CCC(CBr)(NC(=O)c2cc3ccccc3o2)CC1. The molecule has 0 bridgehead atoms. The molecular formula is C17H20BrNO2. The lowest BCUT2D eigenvalue weighted by Crippen LogP contribution is -2.51. The molecule has 3 rings (SSSR count). The number of hydrogen-bond donors (Lipinski definition) is 1. The first-order valence-corrected chi connectivity index (χ1v) is 8.61. The van der Waals surface area contributed by atoms with Crippen LogP contribution >= 0.6 is 15.9 Å². The number of para-hydroxylation sites is 1. The summed E-state index contributed by atoms with van der Waals surface area (Å²) in [5.74, 6) is 1.04. The van der Waals surface area contributed by atoms with Gasteiger partial charge < -0.3 is 9.73 Å². The van der Waals surface area contributed by atoms with Crippen molar-refractivity contribution in [3.8, 4) is 0 Å². The molecule has 0 spiro atoms. The lowest BCUT2D eigenvalue weighted by molar-refractivity contribution is 0.0848. The van der Waals surface area contributed by atoms with E-state index in [1.807, 2.05) is 30.3 Å². The summed E-state index contributed by atoms with van der Waals surface area (Å²) in [5.41, 5.74) is 0.621. The summed E-state index contributed by atoms with van der Waals surface area (Å²) in [5, 5.41) is 4.96. The Bertz CT molecular complexity index is 608. The number of rotatable bonds is 3. The lowest BCUT2D eigenvalue weighted by atomic mass is 9.78. The number of hydrogen-bond acceptors (Lipinski definition) is 2. The fraction of sp³-hybridized carbons (Fsp3) is 0.471. The van der Waals surface area contributed by atoms with E-state index in [0.717, 1.165) is 47.9 Å².